The molecule has 2 aliphatic heterocycles. The molecule has 2 unspecified atom stereocenters. The summed E-state index contributed by atoms with van der Waals surface area (Å²) in [6.07, 6.45) is 2.69. The van der Waals surface area contributed by atoms with E-state index in [-0.39, 0.29) is 23.5 Å². The molecule has 1 aromatic heterocycles. The number of sulfone groups is 1. The third-order valence-corrected chi connectivity index (χ3v) is 9.10. The first-order valence-corrected chi connectivity index (χ1v) is 14.0. The number of rotatable bonds is 7. The second-order valence-corrected chi connectivity index (χ2v) is 12.1. The van der Waals surface area contributed by atoms with Crippen LogP contribution in [0.5, 0.6) is 0 Å². The third-order valence-electron chi connectivity index (χ3n) is 6.00. The van der Waals surface area contributed by atoms with E-state index in [0.29, 0.717) is 23.1 Å². The van der Waals surface area contributed by atoms with E-state index in [2.05, 4.69) is 15.1 Å². The van der Waals surface area contributed by atoms with E-state index in [4.69, 9.17) is 11.6 Å². The molecule has 0 radical (unpaired) electrons. The fraction of sp³-hybridized carbons (Fsp3) is 0.571. The molecule has 0 aliphatic carbocycles. The van der Waals surface area contributed by atoms with Crippen molar-refractivity contribution in [1.29, 1.82) is 0 Å². The summed E-state index contributed by atoms with van der Waals surface area (Å²) in [7, 11) is -3.07. The van der Waals surface area contributed by atoms with Gasteiger partial charge in [0.1, 0.15) is 0 Å². The molecule has 2 saturated heterocycles. The monoisotopic (exact) mass is 497 g/mol. The average molecular weight is 498 g/mol. The van der Waals surface area contributed by atoms with Crippen LogP contribution in [0.25, 0.3) is 5.69 Å². The number of amides is 1. The summed E-state index contributed by atoms with van der Waals surface area (Å²) in [6.45, 7) is 6.00. The number of hydrogen-bond acceptors (Lipinski definition) is 7. The Morgan fingerprint density at radius 3 is 2.62 bits per heavy atom. The molecule has 0 N–H and O–H groups in total. The highest BCUT2D eigenvalue weighted by molar-refractivity contribution is 8.00. The first-order valence-electron chi connectivity index (χ1n) is 10.9. The number of anilines is 1. The Morgan fingerprint density at radius 1 is 1.28 bits per heavy atom. The molecule has 2 aromatic rings. The highest BCUT2D eigenvalue weighted by Crippen LogP contribution is 2.34. The number of aromatic nitrogens is 3. The van der Waals surface area contributed by atoms with Crippen LogP contribution >= 0.6 is 23.4 Å². The minimum atomic E-state index is -3.07. The van der Waals surface area contributed by atoms with Crippen LogP contribution in [0.1, 0.15) is 33.1 Å². The molecular weight excluding hydrogens is 470 g/mol. The van der Waals surface area contributed by atoms with Gasteiger partial charge in [-0.2, -0.15) is 0 Å². The van der Waals surface area contributed by atoms with Gasteiger partial charge < -0.3 is 9.80 Å². The molecule has 174 valence electrons. The van der Waals surface area contributed by atoms with Crippen molar-refractivity contribution < 1.29 is 13.2 Å². The van der Waals surface area contributed by atoms with Gasteiger partial charge in [-0.15, -0.1) is 10.2 Å². The summed E-state index contributed by atoms with van der Waals surface area (Å²) >= 11 is 7.84. The zero-order chi connectivity index (χ0) is 22.9. The van der Waals surface area contributed by atoms with Crippen molar-refractivity contribution in [3.63, 3.8) is 0 Å². The molecular formula is C21H28ClN5O3S2. The summed E-state index contributed by atoms with van der Waals surface area (Å²) in [6, 6.07) is 7.27. The number of nitrogens with zero attached hydrogens (tertiary/aromatic N) is 5. The number of carbonyl (C=O) groups excluding carboxylic acids is 1. The predicted molar refractivity (Wildman–Crippen MR) is 128 cm³/mol. The number of carbonyl (C=O) groups is 1. The van der Waals surface area contributed by atoms with Crippen molar-refractivity contribution in [3.05, 3.63) is 29.3 Å². The van der Waals surface area contributed by atoms with E-state index < -0.39 is 15.1 Å². The van der Waals surface area contributed by atoms with Gasteiger partial charge in [-0.3, -0.25) is 9.36 Å². The molecule has 4 rings (SSSR count). The molecule has 2 atom stereocenters. The molecule has 3 heterocycles. The third kappa shape index (κ3) is 4.77. The first kappa shape index (κ1) is 23.4. The van der Waals surface area contributed by atoms with E-state index in [0.717, 1.165) is 37.6 Å². The molecule has 0 bridgehead atoms. The maximum Gasteiger partial charge on any atom is 0.236 e. The fourth-order valence-electron chi connectivity index (χ4n) is 4.36. The van der Waals surface area contributed by atoms with Crippen molar-refractivity contribution in [2.75, 3.05) is 36.0 Å². The molecule has 2 fully saturated rings. The minimum absolute atomic E-state index is 0.0406. The summed E-state index contributed by atoms with van der Waals surface area (Å²) in [5.41, 5.74) is 0.775. The van der Waals surface area contributed by atoms with E-state index >= 15 is 0 Å². The Morgan fingerprint density at radius 2 is 2.00 bits per heavy atom. The van der Waals surface area contributed by atoms with Crippen LogP contribution in [-0.4, -0.2) is 76.4 Å². The van der Waals surface area contributed by atoms with E-state index in [9.17, 15) is 13.2 Å². The molecule has 32 heavy (non-hydrogen) atoms. The maximum absolute atomic E-state index is 13.3. The van der Waals surface area contributed by atoms with E-state index in [1.807, 2.05) is 42.7 Å². The van der Waals surface area contributed by atoms with Crippen molar-refractivity contribution in [2.45, 2.75) is 49.6 Å². The molecule has 1 amide bonds. The van der Waals surface area contributed by atoms with Crippen LogP contribution in [0.15, 0.2) is 29.4 Å². The highest BCUT2D eigenvalue weighted by atomic mass is 35.5. The molecule has 11 heteroatoms. The van der Waals surface area contributed by atoms with Crippen molar-refractivity contribution >= 4 is 45.1 Å². The Bertz CT molecular complexity index is 1080. The smallest absolute Gasteiger partial charge is 0.236 e. The quantitative estimate of drug-likeness (QED) is 0.543. The van der Waals surface area contributed by atoms with Crippen LogP contribution in [0, 0.1) is 0 Å². The number of hydrogen-bond donors (Lipinski definition) is 0. The lowest BCUT2D eigenvalue weighted by atomic mass is 10.2. The van der Waals surface area contributed by atoms with Crippen LogP contribution in [-0.2, 0) is 14.6 Å². The Labute approximate surface area is 198 Å². The summed E-state index contributed by atoms with van der Waals surface area (Å²) < 4.78 is 25.8. The van der Waals surface area contributed by atoms with E-state index in [1.165, 1.54) is 11.8 Å². The number of benzene rings is 1. The van der Waals surface area contributed by atoms with Gasteiger partial charge in [0, 0.05) is 25.7 Å². The van der Waals surface area contributed by atoms with E-state index in [1.54, 1.807) is 4.90 Å². The average Bonchev–Trinajstić information content (AvgIpc) is 3.49. The number of halogens is 1. The van der Waals surface area contributed by atoms with Crippen LogP contribution in [0.3, 0.4) is 0 Å². The van der Waals surface area contributed by atoms with Crippen molar-refractivity contribution in [1.82, 2.24) is 19.7 Å². The Balaban J connectivity index is 1.61. The molecule has 0 saturated carbocycles. The van der Waals surface area contributed by atoms with Crippen LogP contribution < -0.4 is 4.90 Å². The SMILES string of the molecule is CCN(C(=O)C(C)Sc1nnc(N2CCCC2)n1-c1ccccc1Cl)C1CCS(=O)(=O)C1. The van der Waals surface area contributed by atoms with Crippen LogP contribution in [0.4, 0.5) is 5.95 Å². The van der Waals surface area contributed by atoms with Gasteiger partial charge in [0.15, 0.2) is 15.0 Å². The zero-order valence-corrected chi connectivity index (χ0v) is 20.7. The number of thioether (sulfide) groups is 1. The van der Waals surface area contributed by atoms with Crippen molar-refractivity contribution in [2.24, 2.45) is 0 Å². The minimum Gasteiger partial charge on any atom is -0.341 e. The lowest BCUT2D eigenvalue weighted by Gasteiger charge is -2.29. The molecule has 1 aromatic carbocycles. The lowest BCUT2D eigenvalue weighted by molar-refractivity contribution is -0.131. The van der Waals surface area contributed by atoms with Gasteiger partial charge in [-0.1, -0.05) is 35.5 Å². The number of para-hydroxylation sites is 1. The van der Waals surface area contributed by atoms with Gasteiger partial charge in [-0.05, 0) is 45.2 Å². The maximum atomic E-state index is 13.3. The zero-order valence-electron chi connectivity index (χ0n) is 18.3. The molecule has 2 aliphatic rings. The second-order valence-electron chi connectivity index (χ2n) is 8.20. The van der Waals surface area contributed by atoms with Gasteiger partial charge in [0.2, 0.25) is 11.9 Å². The predicted octanol–water partition coefficient (Wildman–Crippen LogP) is 3.04. The largest absolute Gasteiger partial charge is 0.341 e. The summed E-state index contributed by atoms with van der Waals surface area (Å²) in [5.74, 6) is 0.824. The van der Waals surface area contributed by atoms with Gasteiger partial charge in [-0.25, -0.2) is 8.42 Å². The second kappa shape index (κ2) is 9.61. The molecule has 8 nitrogen and oxygen atoms in total. The van der Waals surface area contributed by atoms with Gasteiger partial charge >= 0.3 is 0 Å². The first-order chi connectivity index (χ1) is 15.3. The van der Waals surface area contributed by atoms with Gasteiger partial charge in [0.25, 0.3) is 0 Å². The van der Waals surface area contributed by atoms with Crippen molar-refractivity contribution in [3.8, 4) is 5.69 Å². The Hall–Kier alpha value is -1.78. The summed E-state index contributed by atoms with van der Waals surface area (Å²) in [4.78, 5) is 17.2. The molecule has 0 spiro atoms. The summed E-state index contributed by atoms with van der Waals surface area (Å²) in [5, 5.41) is 9.59. The highest BCUT2D eigenvalue weighted by Gasteiger charge is 2.36. The fourth-order valence-corrected chi connectivity index (χ4v) is 7.24. The topological polar surface area (TPSA) is 88.4 Å². The Kier molecular flexibility index (Phi) is 7.02. The lowest BCUT2D eigenvalue weighted by Crippen LogP contribution is -2.44. The standard InChI is InChI=1S/C21H28ClN5O3S2/c1-3-26(16-10-13-32(29,30)14-16)19(28)15(2)31-21-24-23-20(25-11-6-7-12-25)27(21)18-9-5-4-8-17(18)22/h4-5,8-9,15-16H,3,6-7,10-14H2,1-2H3. The van der Waals surface area contributed by atoms with Gasteiger partial charge in [0.05, 0.1) is 27.5 Å². The van der Waals surface area contributed by atoms with Crippen LogP contribution in [0.2, 0.25) is 5.02 Å². The normalized spacial score (nSPS) is 21.1.